The second-order valence-corrected chi connectivity index (χ2v) is 3.55. The first-order valence-corrected chi connectivity index (χ1v) is 4.51. The molecular formula is C9H11ClN2. The fraction of sp³-hybridized carbons (Fsp3) is 0.444. The van der Waals surface area contributed by atoms with Crippen LogP contribution in [0.5, 0.6) is 0 Å². The predicted molar refractivity (Wildman–Crippen MR) is 49.3 cm³/mol. The number of hydrogen-bond donors (Lipinski definition) is 1. The van der Waals surface area contributed by atoms with Gasteiger partial charge in [0.05, 0.1) is 0 Å². The Bertz CT molecular complexity index is 274. The van der Waals surface area contributed by atoms with Gasteiger partial charge >= 0.3 is 0 Å². The van der Waals surface area contributed by atoms with E-state index in [1.165, 1.54) is 12.0 Å². The molecule has 1 aromatic rings. The minimum absolute atomic E-state index is 0.504. The highest BCUT2D eigenvalue weighted by molar-refractivity contribution is 6.29. The molecule has 1 aliphatic heterocycles. The third-order valence-electron chi connectivity index (χ3n) is 2.17. The fourth-order valence-corrected chi connectivity index (χ4v) is 1.69. The molecule has 0 saturated carbocycles. The number of rotatable bonds is 1. The normalized spacial score (nSPS) is 22.0. The van der Waals surface area contributed by atoms with Gasteiger partial charge in [-0.3, -0.25) is 0 Å². The summed E-state index contributed by atoms with van der Waals surface area (Å²) in [6, 6.07) is 4.53. The molecule has 1 aromatic heterocycles. The van der Waals surface area contributed by atoms with E-state index < -0.39 is 0 Å². The van der Waals surface area contributed by atoms with Gasteiger partial charge in [-0.1, -0.05) is 11.6 Å². The summed E-state index contributed by atoms with van der Waals surface area (Å²) in [5, 5.41) is 3.93. The molecule has 2 nitrogen and oxygen atoms in total. The number of hydrogen-bond acceptors (Lipinski definition) is 2. The zero-order valence-corrected chi connectivity index (χ0v) is 7.73. The zero-order valence-electron chi connectivity index (χ0n) is 6.97. The molecule has 1 fully saturated rings. The third-order valence-corrected chi connectivity index (χ3v) is 2.36. The Balaban J connectivity index is 2.30. The highest BCUT2D eigenvalue weighted by Gasteiger charge is 2.18. The number of pyridine rings is 1. The van der Waals surface area contributed by atoms with Crippen LogP contribution in [0.3, 0.4) is 0 Å². The summed E-state index contributed by atoms with van der Waals surface area (Å²) >= 11 is 5.84. The summed E-state index contributed by atoms with van der Waals surface area (Å²) in [6.07, 6.45) is 1.21. The van der Waals surface area contributed by atoms with E-state index in [4.69, 9.17) is 11.6 Å². The highest BCUT2D eigenvalue weighted by atomic mass is 35.5. The molecule has 0 radical (unpaired) electrons. The van der Waals surface area contributed by atoms with Gasteiger partial charge in [-0.05, 0) is 37.6 Å². The van der Waals surface area contributed by atoms with Crippen LogP contribution in [0.2, 0.25) is 5.15 Å². The lowest BCUT2D eigenvalue weighted by Gasteiger charge is -2.28. The Hall–Kier alpha value is -0.600. The molecule has 0 aromatic carbocycles. The lowest BCUT2D eigenvalue weighted by Crippen LogP contribution is -2.34. The molecule has 0 bridgehead atoms. The van der Waals surface area contributed by atoms with Crippen LogP contribution in [0.1, 0.15) is 23.7 Å². The monoisotopic (exact) mass is 182 g/mol. The van der Waals surface area contributed by atoms with Gasteiger partial charge in [0.2, 0.25) is 0 Å². The average Bonchev–Trinajstić information content (AvgIpc) is 1.79. The molecule has 0 aliphatic carbocycles. The molecule has 1 unspecified atom stereocenters. The number of nitrogens with one attached hydrogen (secondary N) is 1. The molecule has 1 saturated heterocycles. The van der Waals surface area contributed by atoms with Gasteiger partial charge in [0, 0.05) is 11.7 Å². The van der Waals surface area contributed by atoms with E-state index in [0.29, 0.717) is 11.2 Å². The van der Waals surface area contributed by atoms with E-state index in [9.17, 15) is 0 Å². The van der Waals surface area contributed by atoms with Crippen molar-refractivity contribution in [3.05, 3.63) is 28.5 Å². The van der Waals surface area contributed by atoms with E-state index in [0.717, 1.165) is 12.2 Å². The van der Waals surface area contributed by atoms with Crippen LogP contribution in [0.25, 0.3) is 0 Å². The van der Waals surface area contributed by atoms with Crippen LogP contribution in [-0.2, 0) is 0 Å². The molecule has 64 valence electrons. The number of aryl methyl sites for hydroxylation is 1. The Morgan fingerprint density at radius 1 is 1.58 bits per heavy atom. The first-order valence-electron chi connectivity index (χ1n) is 4.13. The first-order chi connectivity index (χ1) is 5.75. The second kappa shape index (κ2) is 3.04. The Morgan fingerprint density at radius 2 is 2.33 bits per heavy atom. The predicted octanol–water partition coefficient (Wildman–Crippen LogP) is 2.08. The molecule has 2 heterocycles. The molecular weight excluding hydrogens is 172 g/mol. The van der Waals surface area contributed by atoms with Gasteiger partial charge < -0.3 is 5.32 Å². The molecule has 2 rings (SSSR count). The van der Waals surface area contributed by atoms with Crippen molar-refractivity contribution in [3.8, 4) is 0 Å². The van der Waals surface area contributed by atoms with Crippen LogP contribution in [0.4, 0.5) is 0 Å². The van der Waals surface area contributed by atoms with Gasteiger partial charge in [-0.15, -0.1) is 0 Å². The SMILES string of the molecule is Cc1cc(C2CCN2)cc(Cl)n1. The van der Waals surface area contributed by atoms with Crippen LogP contribution in [0.15, 0.2) is 12.1 Å². The van der Waals surface area contributed by atoms with Gasteiger partial charge in [-0.25, -0.2) is 4.98 Å². The van der Waals surface area contributed by atoms with Crippen molar-refractivity contribution < 1.29 is 0 Å². The second-order valence-electron chi connectivity index (χ2n) is 3.16. The molecule has 12 heavy (non-hydrogen) atoms. The summed E-state index contributed by atoms with van der Waals surface area (Å²) in [4.78, 5) is 4.11. The Labute approximate surface area is 77.0 Å². The maximum atomic E-state index is 5.84. The van der Waals surface area contributed by atoms with Gasteiger partial charge in [0.15, 0.2) is 0 Å². The smallest absolute Gasteiger partial charge is 0.129 e. The van der Waals surface area contributed by atoms with E-state index in [1.807, 2.05) is 13.0 Å². The minimum Gasteiger partial charge on any atom is -0.310 e. The average molecular weight is 183 g/mol. The van der Waals surface area contributed by atoms with Crippen molar-refractivity contribution in [2.45, 2.75) is 19.4 Å². The number of halogens is 1. The summed E-state index contributed by atoms with van der Waals surface area (Å²) in [7, 11) is 0. The van der Waals surface area contributed by atoms with Crippen molar-refractivity contribution in [2.24, 2.45) is 0 Å². The Kier molecular flexibility index (Phi) is 2.03. The molecule has 0 amide bonds. The van der Waals surface area contributed by atoms with Crippen molar-refractivity contribution >= 4 is 11.6 Å². The van der Waals surface area contributed by atoms with Crippen LogP contribution in [0, 0.1) is 6.92 Å². The zero-order chi connectivity index (χ0) is 8.55. The first kappa shape index (κ1) is 8.02. The van der Waals surface area contributed by atoms with Crippen molar-refractivity contribution in [1.29, 1.82) is 0 Å². The Morgan fingerprint density at radius 3 is 2.83 bits per heavy atom. The quantitative estimate of drug-likeness (QED) is 0.673. The van der Waals surface area contributed by atoms with Crippen molar-refractivity contribution in [1.82, 2.24) is 10.3 Å². The van der Waals surface area contributed by atoms with E-state index in [-0.39, 0.29) is 0 Å². The molecule has 1 atom stereocenters. The summed E-state index contributed by atoms with van der Waals surface area (Å²) in [5.41, 5.74) is 2.25. The van der Waals surface area contributed by atoms with E-state index in [2.05, 4.69) is 16.4 Å². The van der Waals surface area contributed by atoms with E-state index >= 15 is 0 Å². The minimum atomic E-state index is 0.504. The van der Waals surface area contributed by atoms with Crippen molar-refractivity contribution in [2.75, 3.05) is 6.54 Å². The molecule has 1 N–H and O–H groups in total. The third kappa shape index (κ3) is 1.45. The molecule has 1 aliphatic rings. The van der Waals surface area contributed by atoms with Crippen LogP contribution in [-0.4, -0.2) is 11.5 Å². The lowest BCUT2D eigenvalue weighted by molar-refractivity contribution is 0.383. The maximum absolute atomic E-state index is 5.84. The fourth-order valence-electron chi connectivity index (χ4n) is 1.43. The van der Waals surface area contributed by atoms with Crippen LogP contribution < -0.4 is 5.32 Å². The number of nitrogens with zero attached hydrogens (tertiary/aromatic N) is 1. The summed E-state index contributed by atoms with van der Waals surface area (Å²) in [6.45, 7) is 3.08. The standard InChI is InChI=1S/C9H11ClN2/c1-6-4-7(5-9(10)12-6)8-2-3-11-8/h4-5,8,11H,2-3H2,1H3. The molecule has 0 spiro atoms. The van der Waals surface area contributed by atoms with Crippen LogP contribution >= 0.6 is 11.6 Å². The summed E-state index contributed by atoms with van der Waals surface area (Å²) in [5.74, 6) is 0. The largest absolute Gasteiger partial charge is 0.310 e. The summed E-state index contributed by atoms with van der Waals surface area (Å²) < 4.78 is 0. The van der Waals surface area contributed by atoms with E-state index in [1.54, 1.807) is 0 Å². The van der Waals surface area contributed by atoms with Gasteiger partial charge in [0.25, 0.3) is 0 Å². The lowest BCUT2D eigenvalue weighted by atomic mass is 9.98. The topological polar surface area (TPSA) is 24.9 Å². The van der Waals surface area contributed by atoms with Gasteiger partial charge in [0.1, 0.15) is 5.15 Å². The number of aromatic nitrogens is 1. The molecule has 3 heteroatoms. The van der Waals surface area contributed by atoms with Crippen molar-refractivity contribution in [3.63, 3.8) is 0 Å². The highest BCUT2D eigenvalue weighted by Crippen LogP contribution is 2.24. The maximum Gasteiger partial charge on any atom is 0.129 e. The van der Waals surface area contributed by atoms with Gasteiger partial charge in [-0.2, -0.15) is 0 Å².